The number of fused-ring (bicyclic) bond motifs is 6. The van der Waals surface area contributed by atoms with Crippen molar-refractivity contribution >= 4 is 22.8 Å². The molecule has 2 aliphatic rings. The Morgan fingerprint density at radius 2 is 0.946 bits per heavy atom. The van der Waals surface area contributed by atoms with Crippen LogP contribution < -0.4 is 0 Å². The Balaban J connectivity index is 1.11. The van der Waals surface area contributed by atoms with Crippen molar-refractivity contribution in [3.8, 4) is 22.3 Å². The quantitative estimate of drug-likeness (QED) is 0.233. The molecule has 1 aromatic heterocycles. The maximum absolute atomic E-state index is 6.18. The highest BCUT2D eigenvalue weighted by molar-refractivity contribution is 6.02. The van der Waals surface area contributed by atoms with Crippen molar-refractivity contribution in [2.24, 2.45) is 9.98 Å². The van der Waals surface area contributed by atoms with Gasteiger partial charge < -0.3 is 4.42 Å². The summed E-state index contributed by atoms with van der Waals surface area (Å²) in [6.07, 6.45) is 1.92. The third-order valence-corrected chi connectivity index (χ3v) is 7.47. The molecule has 4 aromatic carbocycles. The highest BCUT2D eigenvalue weighted by Gasteiger charge is 2.19. The van der Waals surface area contributed by atoms with Crippen LogP contribution in [0.1, 0.15) is 47.6 Å². The van der Waals surface area contributed by atoms with Crippen molar-refractivity contribution in [1.82, 2.24) is 0 Å². The van der Waals surface area contributed by atoms with Crippen molar-refractivity contribution in [1.29, 1.82) is 0 Å². The zero-order valence-electron chi connectivity index (χ0n) is 21.0. The second kappa shape index (κ2) is 8.56. The first-order valence-corrected chi connectivity index (χ1v) is 12.8. The smallest absolute Gasteiger partial charge is 0.148 e. The molecular weight excluding hydrogens is 452 g/mol. The van der Waals surface area contributed by atoms with Crippen molar-refractivity contribution in [2.45, 2.75) is 26.7 Å². The van der Waals surface area contributed by atoms with Gasteiger partial charge in [-0.2, -0.15) is 0 Å². The van der Waals surface area contributed by atoms with Crippen LogP contribution in [0.3, 0.4) is 0 Å². The Kier molecular flexibility index (Phi) is 5.03. The molecule has 2 aliphatic carbocycles. The average molecular weight is 479 g/mol. The zero-order valence-corrected chi connectivity index (χ0v) is 21.0. The topological polar surface area (TPSA) is 37.9 Å². The molecule has 0 amide bonds. The minimum Gasteiger partial charge on any atom is -0.454 e. The first-order chi connectivity index (χ1) is 18.1. The Bertz CT molecular complexity index is 1620. The molecule has 0 bridgehead atoms. The second-order valence-corrected chi connectivity index (χ2v) is 9.91. The molecule has 178 valence electrons. The van der Waals surface area contributed by atoms with Crippen LogP contribution >= 0.6 is 0 Å². The van der Waals surface area contributed by atoms with Gasteiger partial charge in [0.1, 0.15) is 11.5 Å². The molecule has 3 nitrogen and oxygen atoms in total. The molecule has 3 heteroatoms. The van der Waals surface area contributed by atoms with E-state index in [1.54, 1.807) is 0 Å². The first-order valence-electron chi connectivity index (χ1n) is 12.8. The van der Waals surface area contributed by atoms with Gasteiger partial charge in [-0.25, -0.2) is 9.98 Å². The molecule has 0 fully saturated rings. The van der Waals surface area contributed by atoms with Gasteiger partial charge in [-0.3, -0.25) is 0 Å². The normalized spacial score (nSPS) is 13.8. The van der Waals surface area contributed by atoms with Gasteiger partial charge in [-0.15, -0.1) is 0 Å². The summed E-state index contributed by atoms with van der Waals surface area (Å²) in [4.78, 5) is 9.74. The molecule has 0 saturated heterocycles. The maximum atomic E-state index is 6.18. The van der Waals surface area contributed by atoms with Gasteiger partial charge >= 0.3 is 0 Å². The van der Waals surface area contributed by atoms with Crippen LogP contribution in [-0.4, -0.2) is 11.4 Å². The fourth-order valence-corrected chi connectivity index (χ4v) is 5.63. The largest absolute Gasteiger partial charge is 0.454 e. The maximum Gasteiger partial charge on any atom is 0.148 e. The number of nitrogens with zero attached hydrogens (tertiary/aromatic N) is 2. The van der Waals surface area contributed by atoms with Crippen LogP contribution in [0.4, 0.5) is 11.4 Å². The number of rotatable bonds is 4. The zero-order chi connectivity index (χ0) is 24.9. The predicted octanol–water partition coefficient (Wildman–Crippen LogP) is 8.70. The summed E-state index contributed by atoms with van der Waals surface area (Å²) in [5.74, 6) is 1.52. The molecular formula is C34H26N2O. The lowest BCUT2D eigenvalue weighted by atomic mass is 10.1. The molecule has 0 spiro atoms. The van der Waals surface area contributed by atoms with Gasteiger partial charge in [0, 0.05) is 0 Å². The standard InChI is InChI=1S/C34H26N2O/c1-21(35-27-11-13-31-25(19-27)17-23-7-3-5-9-29(23)31)33-15-16-34(37-33)22(2)36-28-12-14-32-26(20-28)18-24-8-4-6-10-30(24)32/h3-16,19-20H,17-18H2,1-2H3. The first kappa shape index (κ1) is 21.8. The molecule has 5 aromatic rings. The third-order valence-electron chi connectivity index (χ3n) is 7.47. The van der Waals surface area contributed by atoms with E-state index in [2.05, 4.69) is 84.9 Å². The van der Waals surface area contributed by atoms with Crippen LogP contribution in [0.5, 0.6) is 0 Å². The van der Waals surface area contributed by atoms with E-state index in [9.17, 15) is 0 Å². The van der Waals surface area contributed by atoms with E-state index in [1.807, 2.05) is 26.0 Å². The van der Waals surface area contributed by atoms with Crippen LogP contribution in [0.25, 0.3) is 22.3 Å². The summed E-state index contributed by atoms with van der Waals surface area (Å²) in [5, 5.41) is 0. The van der Waals surface area contributed by atoms with E-state index >= 15 is 0 Å². The summed E-state index contributed by atoms with van der Waals surface area (Å²) in [5.41, 5.74) is 14.3. The van der Waals surface area contributed by atoms with Gasteiger partial charge in [-0.05, 0) is 108 Å². The molecule has 0 N–H and O–H groups in total. The van der Waals surface area contributed by atoms with Crippen LogP contribution in [-0.2, 0) is 12.8 Å². The number of benzene rings is 4. The number of hydrogen-bond acceptors (Lipinski definition) is 3. The SMILES string of the molecule is CC(=Nc1ccc2c(c1)Cc1ccccc1-2)c1ccc(C(C)=Nc2ccc3c(c2)Cc2ccccc2-3)o1. The number of aliphatic imine (C=N–C) groups is 2. The molecule has 7 rings (SSSR count). The van der Waals surface area contributed by atoms with Gasteiger partial charge in [-0.1, -0.05) is 60.7 Å². The Morgan fingerprint density at radius 3 is 1.43 bits per heavy atom. The molecule has 0 radical (unpaired) electrons. The van der Waals surface area contributed by atoms with Crippen molar-refractivity contribution < 1.29 is 4.42 Å². The highest BCUT2D eigenvalue weighted by Crippen LogP contribution is 2.39. The van der Waals surface area contributed by atoms with Gasteiger partial charge in [0.15, 0.2) is 0 Å². The van der Waals surface area contributed by atoms with E-state index in [0.717, 1.165) is 47.2 Å². The van der Waals surface area contributed by atoms with E-state index in [-0.39, 0.29) is 0 Å². The second-order valence-electron chi connectivity index (χ2n) is 9.91. The Hall–Kier alpha value is -4.50. The summed E-state index contributed by atoms with van der Waals surface area (Å²) in [6, 6.07) is 34.2. The summed E-state index contributed by atoms with van der Waals surface area (Å²) < 4.78 is 6.18. The van der Waals surface area contributed by atoms with E-state index in [4.69, 9.17) is 14.4 Å². The Labute approximate surface area is 216 Å². The molecule has 0 unspecified atom stereocenters. The molecule has 1 heterocycles. The van der Waals surface area contributed by atoms with Crippen molar-refractivity contribution in [3.05, 3.63) is 131 Å². The number of hydrogen-bond donors (Lipinski definition) is 0. The van der Waals surface area contributed by atoms with E-state index in [0.29, 0.717) is 0 Å². The van der Waals surface area contributed by atoms with E-state index in [1.165, 1.54) is 44.5 Å². The monoisotopic (exact) mass is 478 g/mol. The lowest BCUT2D eigenvalue weighted by Crippen LogP contribution is -1.94. The van der Waals surface area contributed by atoms with E-state index < -0.39 is 0 Å². The lowest BCUT2D eigenvalue weighted by Gasteiger charge is -2.04. The minimum atomic E-state index is 0.762. The summed E-state index contributed by atoms with van der Waals surface area (Å²) >= 11 is 0. The van der Waals surface area contributed by atoms with Crippen LogP contribution in [0.15, 0.2) is 111 Å². The average Bonchev–Trinajstić information content (AvgIpc) is 3.63. The van der Waals surface area contributed by atoms with Crippen molar-refractivity contribution in [2.75, 3.05) is 0 Å². The molecule has 0 aliphatic heterocycles. The van der Waals surface area contributed by atoms with Crippen LogP contribution in [0, 0.1) is 0 Å². The van der Waals surface area contributed by atoms with Crippen molar-refractivity contribution in [3.63, 3.8) is 0 Å². The van der Waals surface area contributed by atoms with Gasteiger partial charge in [0.05, 0.1) is 22.8 Å². The summed E-state index contributed by atoms with van der Waals surface area (Å²) in [7, 11) is 0. The van der Waals surface area contributed by atoms with Gasteiger partial charge in [0.2, 0.25) is 0 Å². The molecule has 37 heavy (non-hydrogen) atoms. The molecule has 0 atom stereocenters. The highest BCUT2D eigenvalue weighted by atomic mass is 16.3. The fraction of sp³-hybridized carbons (Fsp3) is 0.118. The Morgan fingerprint density at radius 1 is 0.514 bits per heavy atom. The minimum absolute atomic E-state index is 0.762. The molecule has 0 saturated carbocycles. The lowest BCUT2D eigenvalue weighted by molar-refractivity contribution is 0.548. The summed E-state index contributed by atoms with van der Waals surface area (Å²) in [6.45, 7) is 3.99. The predicted molar refractivity (Wildman–Crippen MR) is 152 cm³/mol. The third kappa shape index (κ3) is 3.84. The van der Waals surface area contributed by atoms with Gasteiger partial charge in [0.25, 0.3) is 0 Å². The fourth-order valence-electron chi connectivity index (χ4n) is 5.63. The van der Waals surface area contributed by atoms with Crippen LogP contribution in [0.2, 0.25) is 0 Å². The number of furan rings is 1.